The molecule has 0 saturated carbocycles. The van der Waals surface area contributed by atoms with Gasteiger partial charge in [0.1, 0.15) is 12.5 Å². The molecule has 1 aliphatic heterocycles. The van der Waals surface area contributed by atoms with Crippen LogP contribution >= 0.6 is 11.8 Å². The first-order valence-electron chi connectivity index (χ1n) is 10.6. The van der Waals surface area contributed by atoms with Crippen LogP contribution in [0.3, 0.4) is 0 Å². The topological polar surface area (TPSA) is 85.2 Å². The van der Waals surface area contributed by atoms with Crippen LogP contribution in [-0.4, -0.2) is 47.8 Å². The molecule has 7 heteroatoms. The number of aliphatic imine (C=N–C) groups is 1. The maximum atomic E-state index is 13.3. The van der Waals surface area contributed by atoms with E-state index in [1.54, 1.807) is 23.9 Å². The number of carbonyl (C=O) groups excluding carboxylic acids is 2. The van der Waals surface area contributed by atoms with E-state index in [9.17, 15) is 14.7 Å². The lowest BCUT2D eigenvalue weighted by molar-refractivity contribution is -0.145. The molecule has 0 amide bonds. The van der Waals surface area contributed by atoms with Crippen molar-refractivity contribution in [2.45, 2.75) is 46.5 Å². The molecule has 0 fully saturated rings. The van der Waals surface area contributed by atoms with Crippen molar-refractivity contribution in [3.63, 3.8) is 0 Å². The number of benzene rings is 1. The van der Waals surface area contributed by atoms with Crippen molar-refractivity contribution >= 4 is 29.2 Å². The highest BCUT2D eigenvalue weighted by atomic mass is 32.2. The van der Waals surface area contributed by atoms with E-state index in [4.69, 9.17) is 14.5 Å². The number of thioether (sulfide) groups is 1. The number of phenols is 1. The number of esters is 1. The van der Waals surface area contributed by atoms with Crippen LogP contribution in [0.25, 0.3) is 0 Å². The highest BCUT2D eigenvalue weighted by Gasteiger charge is 2.46. The van der Waals surface area contributed by atoms with Gasteiger partial charge in [-0.3, -0.25) is 14.6 Å². The summed E-state index contributed by atoms with van der Waals surface area (Å²) in [5.74, 6) is 0.421. The molecule has 3 rings (SSSR count). The number of phenolic OH excluding ortho intramolecular Hbond substituents is 1. The zero-order chi connectivity index (χ0) is 22.8. The van der Waals surface area contributed by atoms with Crippen molar-refractivity contribution in [1.29, 1.82) is 0 Å². The predicted octanol–water partition coefficient (Wildman–Crippen LogP) is 4.51. The maximum absolute atomic E-state index is 13.3. The van der Waals surface area contributed by atoms with Crippen molar-refractivity contribution in [2.24, 2.45) is 16.3 Å². The summed E-state index contributed by atoms with van der Waals surface area (Å²) in [6.45, 7) is 8.32. The number of allylic oxidation sites excluding steroid dienone is 2. The van der Waals surface area contributed by atoms with E-state index in [2.05, 4.69) is 20.8 Å². The van der Waals surface area contributed by atoms with E-state index in [1.165, 1.54) is 13.2 Å². The van der Waals surface area contributed by atoms with Gasteiger partial charge in [0.15, 0.2) is 17.3 Å². The molecule has 1 N–H and O–H groups in total. The van der Waals surface area contributed by atoms with Gasteiger partial charge in [0.2, 0.25) is 0 Å². The van der Waals surface area contributed by atoms with Gasteiger partial charge in [0, 0.05) is 35.1 Å². The van der Waals surface area contributed by atoms with Gasteiger partial charge in [-0.1, -0.05) is 26.8 Å². The van der Waals surface area contributed by atoms with E-state index >= 15 is 0 Å². The molecule has 1 aromatic rings. The third-order valence-electron chi connectivity index (χ3n) is 5.80. The van der Waals surface area contributed by atoms with E-state index in [0.29, 0.717) is 36.5 Å². The highest BCUT2D eigenvalue weighted by molar-refractivity contribution is 7.99. The summed E-state index contributed by atoms with van der Waals surface area (Å²) in [7, 11) is 1.47. The molecule has 0 radical (unpaired) electrons. The first kappa shape index (κ1) is 23.4. The molecule has 31 heavy (non-hydrogen) atoms. The minimum atomic E-state index is -0.690. The van der Waals surface area contributed by atoms with Gasteiger partial charge >= 0.3 is 5.97 Å². The minimum Gasteiger partial charge on any atom is -0.504 e. The third kappa shape index (κ3) is 4.97. The van der Waals surface area contributed by atoms with Crippen LogP contribution in [0.5, 0.6) is 11.5 Å². The lowest BCUT2D eigenvalue weighted by atomic mass is 9.67. The van der Waals surface area contributed by atoms with Crippen LogP contribution < -0.4 is 4.74 Å². The Hall–Kier alpha value is -2.28. The Morgan fingerprint density at radius 1 is 1.32 bits per heavy atom. The van der Waals surface area contributed by atoms with E-state index in [0.717, 1.165) is 22.8 Å². The summed E-state index contributed by atoms with van der Waals surface area (Å²) < 4.78 is 10.9. The largest absolute Gasteiger partial charge is 0.504 e. The van der Waals surface area contributed by atoms with Crippen LogP contribution in [0, 0.1) is 11.3 Å². The first-order chi connectivity index (χ1) is 14.7. The van der Waals surface area contributed by atoms with Gasteiger partial charge in [0.05, 0.1) is 7.11 Å². The maximum Gasteiger partial charge on any atom is 0.315 e. The van der Waals surface area contributed by atoms with Crippen LogP contribution in [0.1, 0.15) is 52.0 Å². The molecule has 2 atom stereocenters. The number of ether oxygens (including phenoxy) is 2. The Kier molecular flexibility index (Phi) is 7.14. The Labute approximate surface area is 188 Å². The molecule has 0 aromatic heterocycles. The molecular formula is C24H31NO5S. The number of hydrogen-bond acceptors (Lipinski definition) is 7. The minimum absolute atomic E-state index is 0.00784. The fourth-order valence-corrected chi connectivity index (χ4v) is 4.92. The summed E-state index contributed by atoms with van der Waals surface area (Å²) >= 11 is 1.70. The van der Waals surface area contributed by atoms with Gasteiger partial charge in [-0.05, 0) is 42.2 Å². The summed E-state index contributed by atoms with van der Waals surface area (Å²) in [4.78, 5) is 31.1. The fraction of sp³-hybridized carbons (Fsp3) is 0.542. The van der Waals surface area contributed by atoms with Crippen LogP contribution in [-0.2, 0) is 14.3 Å². The monoisotopic (exact) mass is 445 g/mol. The van der Waals surface area contributed by atoms with Crippen LogP contribution in [0.2, 0.25) is 0 Å². The van der Waals surface area contributed by atoms with Gasteiger partial charge in [-0.25, -0.2) is 0 Å². The molecule has 0 saturated heterocycles. The van der Waals surface area contributed by atoms with Crippen molar-refractivity contribution in [3.8, 4) is 11.5 Å². The van der Waals surface area contributed by atoms with E-state index in [1.807, 2.05) is 6.92 Å². The number of hydrogen-bond donors (Lipinski definition) is 1. The predicted molar refractivity (Wildman–Crippen MR) is 123 cm³/mol. The first-order valence-corrected chi connectivity index (χ1v) is 11.8. The molecule has 168 valence electrons. The number of rotatable bonds is 7. The Morgan fingerprint density at radius 2 is 2.06 bits per heavy atom. The smallest absolute Gasteiger partial charge is 0.315 e. The molecule has 0 spiro atoms. The normalized spacial score (nSPS) is 22.6. The Bertz CT molecular complexity index is 934. The summed E-state index contributed by atoms with van der Waals surface area (Å²) in [5.41, 5.74) is 2.54. The average Bonchev–Trinajstić information content (AvgIpc) is 2.69. The second-order valence-corrected chi connectivity index (χ2v) is 10.2. The Balaban J connectivity index is 2.06. The van der Waals surface area contributed by atoms with Gasteiger partial charge in [-0.2, -0.15) is 11.8 Å². The molecule has 1 heterocycles. The standard InChI is InChI=1S/C24H31NO5S/c1-6-31-10-9-30-23(28)20-14(2)25-16-12-24(3,4)13-18(27)22(16)21(20)15-7-8-17(26)19(11-15)29-5/h7-8,11,20-21,26H,6,9-10,12-13H2,1-5H3/t20?,21-/m1/s1. The van der Waals surface area contributed by atoms with Gasteiger partial charge in [-0.15, -0.1) is 0 Å². The second-order valence-electron chi connectivity index (χ2n) is 8.81. The molecule has 1 aliphatic carbocycles. The SMILES string of the molecule is CCSCCOC(=O)C1C(C)=NC2=C(C(=O)CC(C)(C)C2)[C@@H]1c1ccc(O)c(OC)c1. The van der Waals surface area contributed by atoms with E-state index in [-0.39, 0.29) is 22.9 Å². The van der Waals surface area contributed by atoms with Gasteiger partial charge in [0.25, 0.3) is 0 Å². The molecule has 1 unspecified atom stereocenters. The van der Waals surface area contributed by atoms with Crippen molar-refractivity contribution in [1.82, 2.24) is 0 Å². The number of ketones is 1. The Morgan fingerprint density at radius 3 is 2.74 bits per heavy atom. The second kappa shape index (κ2) is 9.47. The van der Waals surface area contributed by atoms with Crippen molar-refractivity contribution in [2.75, 3.05) is 25.2 Å². The number of Topliss-reactive ketones (excluding diaryl/α,β-unsaturated/α-hetero) is 1. The number of carbonyl (C=O) groups is 2. The number of aromatic hydroxyl groups is 1. The number of nitrogens with zero attached hydrogens (tertiary/aromatic N) is 1. The van der Waals surface area contributed by atoms with Crippen molar-refractivity contribution in [3.05, 3.63) is 35.0 Å². The molecular weight excluding hydrogens is 414 g/mol. The molecule has 0 bridgehead atoms. The van der Waals surface area contributed by atoms with Crippen LogP contribution in [0.4, 0.5) is 0 Å². The number of methoxy groups -OCH3 is 1. The van der Waals surface area contributed by atoms with E-state index < -0.39 is 11.8 Å². The zero-order valence-electron chi connectivity index (χ0n) is 18.9. The summed E-state index contributed by atoms with van der Waals surface area (Å²) in [5, 5.41) is 10.1. The fourth-order valence-electron chi connectivity index (χ4n) is 4.43. The highest BCUT2D eigenvalue weighted by Crippen LogP contribution is 2.48. The lowest BCUT2D eigenvalue weighted by Crippen LogP contribution is -2.39. The molecule has 2 aliphatic rings. The average molecular weight is 446 g/mol. The summed E-state index contributed by atoms with van der Waals surface area (Å²) in [6.07, 6.45) is 1.08. The molecule has 6 nitrogen and oxygen atoms in total. The third-order valence-corrected chi connectivity index (χ3v) is 6.66. The zero-order valence-corrected chi connectivity index (χ0v) is 19.7. The van der Waals surface area contributed by atoms with Crippen molar-refractivity contribution < 1.29 is 24.2 Å². The quantitative estimate of drug-likeness (QED) is 0.491. The lowest BCUT2D eigenvalue weighted by Gasteiger charge is -2.39. The van der Waals surface area contributed by atoms with Crippen LogP contribution in [0.15, 0.2) is 34.5 Å². The van der Waals surface area contributed by atoms with Gasteiger partial charge < -0.3 is 14.6 Å². The molecule has 1 aromatic carbocycles. The summed E-state index contributed by atoms with van der Waals surface area (Å²) in [6, 6.07) is 4.97.